The van der Waals surface area contributed by atoms with E-state index in [2.05, 4.69) is 10.3 Å². The first-order chi connectivity index (χ1) is 14.6. The number of aromatic nitrogens is 2. The quantitative estimate of drug-likeness (QED) is 0.531. The maximum absolute atomic E-state index is 13.8. The number of aromatic hydroxyl groups is 1. The highest BCUT2D eigenvalue weighted by Gasteiger charge is 2.44. The van der Waals surface area contributed by atoms with Crippen molar-refractivity contribution in [3.05, 3.63) is 54.2 Å². The maximum atomic E-state index is 13.8. The smallest absolute Gasteiger partial charge is 0.329 e. The average molecular weight is 429 g/mol. The summed E-state index contributed by atoms with van der Waals surface area (Å²) in [5.74, 6) is -3.60. The van der Waals surface area contributed by atoms with Crippen LogP contribution in [0, 0.1) is 11.7 Å². The minimum atomic E-state index is -1.72. The monoisotopic (exact) mass is 429 g/mol. The van der Waals surface area contributed by atoms with Crippen LogP contribution in [0.3, 0.4) is 0 Å². The molecule has 8 nitrogen and oxygen atoms in total. The molecule has 3 aromatic rings. The Morgan fingerprint density at radius 3 is 2.61 bits per heavy atom. The number of nitrogens with zero attached hydrogens (tertiary/aromatic N) is 2. The summed E-state index contributed by atoms with van der Waals surface area (Å²) >= 11 is 0. The fourth-order valence-electron chi connectivity index (χ4n) is 3.62. The van der Waals surface area contributed by atoms with Gasteiger partial charge in [0.1, 0.15) is 11.4 Å². The molecule has 0 aliphatic carbocycles. The fraction of sp³-hybridized carbons (Fsp3) is 0.318. The van der Waals surface area contributed by atoms with Crippen LogP contribution < -0.4 is 10.1 Å². The molecule has 0 fully saturated rings. The average Bonchev–Trinajstić information content (AvgIpc) is 3.15. The second-order valence-electron chi connectivity index (χ2n) is 7.63. The number of nitrogens with one attached hydrogen (secondary N) is 1. The number of benzene rings is 1. The van der Waals surface area contributed by atoms with Gasteiger partial charge in [-0.3, -0.25) is 4.79 Å². The third-order valence-electron chi connectivity index (χ3n) is 5.90. The number of rotatable bonds is 7. The van der Waals surface area contributed by atoms with Gasteiger partial charge in [0.15, 0.2) is 17.2 Å². The molecular formula is C22H24FN3O5. The number of carbonyl (C=O) groups is 2. The van der Waals surface area contributed by atoms with E-state index in [0.717, 1.165) is 5.39 Å². The van der Waals surface area contributed by atoms with E-state index in [0.29, 0.717) is 5.52 Å². The van der Waals surface area contributed by atoms with E-state index in [1.807, 2.05) is 6.07 Å². The highest BCUT2D eigenvalue weighted by Crippen LogP contribution is 2.33. The highest BCUT2D eigenvalue weighted by molar-refractivity contribution is 5.99. The van der Waals surface area contributed by atoms with Crippen molar-refractivity contribution in [1.29, 1.82) is 0 Å². The summed E-state index contributed by atoms with van der Waals surface area (Å²) < 4.78 is 20.5. The number of carboxylic acid groups (broad SMARTS) is 1. The summed E-state index contributed by atoms with van der Waals surface area (Å²) in [5.41, 5.74) is -1.46. The van der Waals surface area contributed by atoms with Gasteiger partial charge in [0, 0.05) is 30.4 Å². The van der Waals surface area contributed by atoms with E-state index in [1.54, 1.807) is 30.7 Å². The molecule has 0 spiro atoms. The first-order valence-electron chi connectivity index (χ1n) is 9.64. The molecule has 0 aliphatic heterocycles. The SMILES string of the molecule is COc1ccnc(C(=O)NC(C)(C(=O)O)C(C)C(C)n2ccc3ccc(F)cc32)c1O. The van der Waals surface area contributed by atoms with Gasteiger partial charge in [0.25, 0.3) is 5.91 Å². The molecule has 2 aromatic heterocycles. The molecule has 2 heterocycles. The molecule has 0 bridgehead atoms. The van der Waals surface area contributed by atoms with Gasteiger partial charge in [-0.2, -0.15) is 0 Å². The lowest BCUT2D eigenvalue weighted by atomic mass is 9.81. The van der Waals surface area contributed by atoms with Gasteiger partial charge >= 0.3 is 5.97 Å². The molecule has 31 heavy (non-hydrogen) atoms. The van der Waals surface area contributed by atoms with Gasteiger partial charge in [-0.1, -0.05) is 6.92 Å². The summed E-state index contributed by atoms with van der Waals surface area (Å²) in [6.45, 7) is 4.87. The van der Waals surface area contributed by atoms with E-state index in [1.165, 1.54) is 38.4 Å². The maximum Gasteiger partial charge on any atom is 0.329 e. The van der Waals surface area contributed by atoms with Crippen molar-refractivity contribution in [1.82, 2.24) is 14.9 Å². The largest absolute Gasteiger partial charge is 0.503 e. The lowest BCUT2D eigenvalue weighted by Crippen LogP contribution is -2.58. The Labute approximate surface area is 178 Å². The van der Waals surface area contributed by atoms with Crippen molar-refractivity contribution < 1.29 is 28.9 Å². The van der Waals surface area contributed by atoms with Crippen molar-refractivity contribution in [3.63, 3.8) is 0 Å². The summed E-state index contributed by atoms with van der Waals surface area (Å²) in [5, 5.41) is 23.5. The Bertz CT molecular complexity index is 1150. The lowest BCUT2D eigenvalue weighted by Gasteiger charge is -2.36. The molecule has 1 aromatic carbocycles. The van der Waals surface area contributed by atoms with E-state index in [9.17, 15) is 24.2 Å². The Kier molecular flexibility index (Phi) is 5.88. The van der Waals surface area contributed by atoms with Crippen molar-refractivity contribution in [3.8, 4) is 11.5 Å². The molecule has 0 aliphatic rings. The van der Waals surface area contributed by atoms with Crippen LogP contribution in [-0.2, 0) is 4.79 Å². The molecule has 1 amide bonds. The normalized spacial score (nSPS) is 15.1. The van der Waals surface area contributed by atoms with Crippen molar-refractivity contribution >= 4 is 22.8 Å². The van der Waals surface area contributed by atoms with Gasteiger partial charge in [0.2, 0.25) is 0 Å². The Morgan fingerprint density at radius 2 is 1.97 bits per heavy atom. The Hall–Kier alpha value is -3.62. The first kappa shape index (κ1) is 22.1. The summed E-state index contributed by atoms with van der Waals surface area (Å²) in [7, 11) is 1.33. The summed E-state index contributed by atoms with van der Waals surface area (Å²) in [6, 6.07) is 7.15. The van der Waals surface area contributed by atoms with Gasteiger partial charge in [-0.05, 0) is 43.5 Å². The van der Waals surface area contributed by atoms with Crippen LogP contribution in [0.5, 0.6) is 11.5 Å². The third-order valence-corrected chi connectivity index (χ3v) is 5.90. The molecule has 0 radical (unpaired) electrons. The van der Waals surface area contributed by atoms with Crippen LogP contribution in [0.4, 0.5) is 4.39 Å². The van der Waals surface area contributed by atoms with E-state index in [4.69, 9.17) is 4.74 Å². The van der Waals surface area contributed by atoms with E-state index >= 15 is 0 Å². The number of aliphatic carboxylic acids is 1. The van der Waals surface area contributed by atoms with E-state index < -0.39 is 40.9 Å². The minimum absolute atomic E-state index is 0.0411. The molecule has 0 saturated heterocycles. The molecule has 164 valence electrons. The number of ether oxygens (including phenoxy) is 1. The molecular weight excluding hydrogens is 405 g/mol. The Morgan fingerprint density at radius 1 is 1.26 bits per heavy atom. The van der Waals surface area contributed by atoms with Crippen molar-refractivity contribution in [2.24, 2.45) is 5.92 Å². The fourth-order valence-corrected chi connectivity index (χ4v) is 3.62. The van der Waals surface area contributed by atoms with Gasteiger partial charge in [-0.25, -0.2) is 14.2 Å². The van der Waals surface area contributed by atoms with Crippen molar-refractivity contribution in [2.75, 3.05) is 7.11 Å². The lowest BCUT2D eigenvalue weighted by molar-refractivity contribution is -0.146. The number of hydrogen-bond donors (Lipinski definition) is 3. The number of hydrogen-bond acceptors (Lipinski definition) is 5. The second kappa shape index (κ2) is 8.25. The molecule has 3 rings (SSSR count). The Balaban J connectivity index is 1.95. The first-order valence-corrected chi connectivity index (χ1v) is 9.64. The predicted molar refractivity (Wildman–Crippen MR) is 112 cm³/mol. The van der Waals surface area contributed by atoms with Crippen LogP contribution in [0.25, 0.3) is 10.9 Å². The van der Waals surface area contributed by atoms with Gasteiger partial charge in [0.05, 0.1) is 12.6 Å². The topological polar surface area (TPSA) is 114 Å². The van der Waals surface area contributed by atoms with Crippen LogP contribution in [-0.4, -0.2) is 44.3 Å². The number of halogens is 1. The van der Waals surface area contributed by atoms with Crippen molar-refractivity contribution in [2.45, 2.75) is 32.4 Å². The zero-order valence-electron chi connectivity index (χ0n) is 17.6. The minimum Gasteiger partial charge on any atom is -0.503 e. The predicted octanol–water partition coefficient (Wildman–Crippen LogP) is 3.36. The third kappa shape index (κ3) is 3.90. The molecule has 9 heteroatoms. The molecule has 3 N–H and O–H groups in total. The number of amides is 1. The number of pyridine rings is 1. The molecule has 3 unspecified atom stereocenters. The van der Waals surface area contributed by atoms with E-state index in [-0.39, 0.29) is 11.4 Å². The second-order valence-corrected chi connectivity index (χ2v) is 7.63. The highest BCUT2D eigenvalue weighted by atomic mass is 19.1. The van der Waals surface area contributed by atoms with Crippen LogP contribution >= 0.6 is 0 Å². The number of carboxylic acids is 1. The van der Waals surface area contributed by atoms with Gasteiger partial charge in [-0.15, -0.1) is 0 Å². The summed E-state index contributed by atoms with van der Waals surface area (Å²) in [4.78, 5) is 28.9. The summed E-state index contributed by atoms with van der Waals surface area (Å²) in [6.07, 6.45) is 3.03. The van der Waals surface area contributed by atoms with Crippen LogP contribution in [0.15, 0.2) is 42.7 Å². The van der Waals surface area contributed by atoms with Gasteiger partial charge < -0.3 is 24.8 Å². The number of carbonyl (C=O) groups excluding carboxylic acids is 1. The molecule has 0 saturated carbocycles. The van der Waals surface area contributed by atoms with Crippen LogP contribution in [0.1, 0.15) is 37.3 Å². The zero-order valence-corrected chi connectivity index (χ0v) is 17.6. The van der Waals surface area contributed by atoms with Crippen LogP contribution in [0.2, 0.25) is 0 Å². The zero-order chi connectivity index (χ0) is 22.9. The number of methoxy groups -OCH3 is 1. The molecule has 3 atom stereocenters. The number of fused-ring (bicyclic) bond motifs is 1. The standard InChI is InChI=1S/C22H24FN3O5/c1-12(13(2)26-10-8-14-5-6-15(23)11-16(14)26)22(3,21(29)30)25-20(28)18-19(27)17(31-4)7-9-24-18/h5-13,27H,1-4H3,(H,25,28)(H,29,30).